The van der Waals surface area contributed by atoms with Gasteiger partial charge in [-0.25, -0.2) is 0 Å². The van der Waals surface area contributed by atoms with Crippen LogP contribution in [0.15, 0.2) is 42.5 Å². The Bertz CT molecular complexity index is 1110. The highest BCUT2D eigenvalue weighted by Crippen LogP contribution is 2.58. The monoisotopic (exact) mass is 408 g/mol. The second kappa shape index (κ2) is 6.53. The van der Waals surface area contributed by atoms with E-state index in [1.807, 2.05) is 36.9 Å². The molecule has 0 bridgehead atoms. The predicted molar refractivity (Wildman–Crippen MR) is 116 cm³/mol. The highest BCUT2D eigenvalue weighted by atomic mass is 35.5. The second-order valence-corrected chi connectivity index (χ2v) is 9.07. The van der Waals surface area contributed by atoms with Gasteiger partial charge in [-0.15, -0.1) is 0 Å². The van der Waals surface area contributed by atoms with Crippen LogP contribution in [0.5, 0.6) is 5.75 Å². The average molecular weight is 409 g/mol. The molecule has 4 nitrogen and oxygen atoms in total. The maximum absolute atomic E-state index is 12.8. The number of H-pyrrole nitrogens is 1. The SMILES string of the molecule is CC(=O)N1CC2(CC2)c2c([nH]c3ccccc23)C1c1ccc(Cl)cc1OC(C)C. The molecule has 5 rings (SSSR count). The Morgan fingerprint density at radius 1 is 1.24 bits per heavy atom. The number of halogens is 1. The van der Waals surface area contributed by atoms with E-state index in [1.54, 1.807) is 6.92 Å². The number of rotatable bonds is 3. The van der Waals surface area contributed by atoms with Gasteiger partial charge >= 0.3 is 0 Å². The van der Waals surface area contributed by atoms with E-state index < -0.39 is 0 Å². The molecule has 1 saturated carbocycles. The predicted octanol–water partition coefficient (Wildman–Crippen LogP) is 5.59. The van der Waals surface area contributed by atoms with Crippen LogP contribution in [0.2, 0.25) is 5.02 Å². The molecule has 1 amide bonds. The molecule has 1 spiro atoms. The summed E-state index contributed by atoms with van der Waals surface area (Å²) in [5.41, 5.74) is 4.66. The van der Waals surface area contributed by atoms with Gasteiger partial charge in [0, 0.05) is 46.1 Å². The first-order valence-electron chi connectivity index (χ1n) is 10.2. The van der Waals surface area contributed by atoms with E-state index in [9.17, 15) is 4.79 Å². The van der Waals surface area contributed by atoms with Crippen molar-refractivity contribution in [1.82, 2.24) is 9.88 Å². The lowest BCUT2D eigenvalue weighted by Crippen LogP contribution is -2.44. The van der Waals surface area contributed by atoms with Crippen LogP contribution in [0.1, 0.15) is 56.5 Å². The molecule has 3 aromatic rings. The van der Waals surface area contributed by atoms with Gasteiger partial charge in [-0.3, -0.25) is 4.79 Å². The summed E-state index contributed by atoms with van der Waals surface area (Å²) < 4.78 is 6.13. The molecule has 2 aliphatic rings. The molecule has 1 unspecified atom stereocenters. The van der Waals surface area contributed by atoms with Gasteiger partial charge in [0.05, 0.1) is 6.10 Å². The maximum atomic E-state index is 12.8. The summed E-state index contributed by atoms with van der Waals surface area (Å²) in [6.07, 6.45) is 2.25. The van der Waals surface area contributed by atoms with Crippen LogP contribution < -0.4 is 4.74 Å². The minimum atomic E-state index is -0.216. The molecule has 0 radical (unpaired) electrons. The van der Waals surface area contributed by atoms with Gasteiger partial charge in [0.25, 0.3) is 0 Å². The smallest absolute Gasteiger partial charge is 0.220 e. The third-order valence-electron chi connectivity index (χ3n) is 6.21. The minimum Gasteiger partial charge on any atom is -0.491 e. The van der Waals surface area contributed by atoms with Gasteiger partial charge in [-0.05, 0) is 50.5 Å². The topological polar surface area (TPSA) is 45.3 Å². The summed E-state index contributed by atoms with van der Waals surface area (Å²) in [7, 11) is 0. The molecule has 29 heavy (non-hydrogen) atoms. The molecule has 1 fully saturated rings. The maximum Gasteiger partial charge on any atom is 0.220 e. The van der Waals surface area contributed by atoms with Crippen molar-refractivity contribution in [2.45, 2.75) is 51.2 Å². The van der Waals surface area contributed by atoms with E-state index in [1.165, 1.54) is 10.9 Å². The Hall–Kier alpha value is -2.46. The van der Waals surface area contributed by atoms with Crippen LogP contribution >= 0.6 is 11.6 Å². The molecule has 5 heteroatoms. The number of carbonyl (C=O) groups excluding carboxylic acids is 1. The van der Waals surface area contributed by atoms with Crippen molar-refractivity contribution in [2.24, 2.45) is 0 Å². The Labute approximate surface area is 175 Å². The first kappa shape index (κ1) is 18.6. The summed E-state index contributed by atoms with van der Waals surface area (Å²) in [5, 5.41) is 1.90. The summed E-state index contributed by atoms with van der Waals surface area (Å²) in [6.45, 7) is 6.41. The minimum absolute atomic E-state index is 0.0125. The zero-order valence-electron chi connectivity index (χ0n) is 17.0. The number of aromatic nitrogens is 1. The number of benzene rings is 2. The van der Waals surface area contributed by atoms with Gasteiger partial charge in [-0.1, -0.05) is 35.9 Å². The standard InChI is InChI=1S/C24H25ClN2O2/c1-14(2)29-20-12-16(25)8-9-18(20)23-22-21(17-6-4-5-7-19(17)26-22)24(10-11-24)13-27(23)15(3)28/h4-9,12,14,23,26H,10-11,13H2,1-3H3. The van der Waals surface area contributed by atoms with Crippen molar-refractivity contribution < 1.29 is 9.53 Å². The molecule has 1 N–H and O–H groups in total. The highest BCUT2D eigenvalue weighted by molar-refractivity contribution is 6.30. The fraction of sp³-hybridized carbons (Fsp3) is 0.375. The molecule has 150 valence electrons. The van der Waals surface area contributed by atoms with Crippen molar-refractivity contribution in [3.63, 3.8) is 0 Å². The summed E-state index contributed by atoms with van der Waals surface area (Å²) in [4.78, 5) is 18.4. The number of aromatic amines is 1. The summed E-state index contributed by atoms with van der Waals surface area (Å²) >= 11 is 6.29. The van der Waals surface area contributed by atoms with E-state index in [0.29, 0.717) is 5.02 Å². The molecule has 1 aliphatic heterocycles. The van der Waals surface area contributed by atoms with E-state index >= 15 is 0 Å². The quantitative estimate of drug-likeness (QED) is 0.613. The number of ether oxygens (including phenoxy) is 1. The van der Waals surface area contributed by atoms with Gasteiger partial charge in [0.2, 0.25) is 5.91 Å². The highest BCUT2D eigenvalue weighted by Gasteiger charge is 2.54. The molecule has 1 atom stereocenters. The van der Waals surface area contributed by atoms with Crippen molar-refractivity contribution in [1.29, 1.82) is 0 Å². The Kier molecular flexibility index (Phi) is 4.18. The van der Waals surface area contributed by atoms with Crippen molar-refractivity contribution in [3.05, 3.63) is 64.3 Å². The van der Waals surface area contributed by atoms with Crippen molar-refractivity contribution in [2.75, 3.05) is 6.54 Å². The number of nitrogens with one attached hydrogen (secondary N) is 1. The number of para-hydroxylation sites is 1. The first-order valence-corrected chi connectivity index (χ1v) is 10.6. The summed E-state index contributed by atoms with van der Waals surface area (Å²) in [6, 6.07) is 14.0. The van der Waals surface area contributed by atoms with Gasteiger partial charge in [-0.2, -0.15) is 0 Å². The third kappa shape index (κ3) is 2.93. The van der Waals surface area contributed by atoms with E-state index in [0.717, 1.165) is 41.9 Å². The van der Waals surface area contributed by atoms with Gasteiger partial charge in [0.1, 0.15) is 11.8 Å². The van der Waals surface area contributed by atoms with E-state index in [-0.39, 0.29) is 23.5 Å². The Morgan fingerprint density at radius 2 is 2.00 bits per heavy atom. The van der Waals surface area contributed by atoms with Gasteiger partial charge < -0.3 is 14.6 Å². The molecule has 1 aliphatic carbocycles. The van der Waals surface area contributed by atoms with E-state index in [4.69, 9.17) is 16.3 Å². The molecule has 2 heterocycles. The third-order valence-corrected chi connectivity index (χ3v) is 6.45. The van der Waals surface area contributed by atoms with Crippen LogP contribution in [0.4, 0.5) is 0 Å². The van der Waals surface area contributed by atoms with Crippen LogP contribution in [-0.2, 0) is 10.2 Å². The van der Waals surface area contributed by atoms with Gasteiger partial charge in [0.15, 0.2) is 0 Å². The molecule has 2 aromatic carbocycles. The van der Waals surface area contributed by atoms with Crippen LogP contribution in [0.3, 0.4) is 0 Å². The number of hydrogen-bond donors (Lipinski definition) is 1. The number of amides is 1. The Morgan fingerprint density at radius 3 is 2.69 bits per heavy atom. The molecule has 1 aromatic heterocycles. The lowest BCUT2D eigenvalue weighted by Gasteiger charge is -2.40. The van der Waals surface area contributed by atoms with E-state index in [2.05, 4.69) is 29.2 Å². The number of hydrogen-bond acceptors (Lipinski definition) is 2. The zero-order valence-corrected chi connectivity index (χ0v) is 17.7. The molecular formula is C24H25ClN2O2. The van der Waals surface area contributed by atoms with Crippen molar-refractivity contribution >= 4 is 28.4 Å². The first-order chi connectivity index (χ1) is 13.9. The van der Waals surface area contributed by atoms with Crippen molar-refractivity contribution in [3.8, 4) is 5.75 Å². The zero-order chi connectivity index (χ0) is 20.3. The lowest BCUT2D eigenvalue weighted by atomic mass is 9.83. The van der Waals surface area contributed by atoms with Crippen LogP contribution in [0.25, 0.3) is 10.9 Å². The lowest BCUT2D eigenvalue weighted by molar-refractivity contribution is -0.131. The number of carbonyl (C=O) groups is 1. The molecule has 0 saturated heterocycles. The largest absolute Gasteiger partial charge is 0.491 e. The average Bonchev–Trinajstić information content (AvgIpc) is 3.31. The second-order valence-electron chi connectivity index (χ2n) is 8.64. The van der Waals surface area contributed by atoms with Crippen LogP contribution in [0, 0.1) is 0 Å². The Balaban J connectivity index is 1.77. The molecular weight excluding hydrogens is 384 g/mol. The fourth-order valence-electron chi connectivity index (χ4n) is 4.86. The number of fused-ring (bicyclic) bond motifs is 4. The summed E-state index contributed by atoms with van der Waals surface area (Å²) in [5.74, 6) is 0.816. The fourth-order valence-corrected chi connectivity index (χ4v) is 5.02. The number of nitrogens with zero attached hydrogens (tertiary/aromatic N) is 1. The normalized spacial score (nSPS) is 19.6. The van der Waals surface area contributed by atoms with Crippen LogP contribution in [-0.4, -0.2) is 28.4 Å².